The van der Waals surface area contributed by atoms with Gasteiger partial charge in [0.1, 0.15) is 23.9 Å². The van der Waals surface area contributed by atoms with Crippen LogP contribution < -0.4 is 5.32 Å². The Bertz CT molecular complexity index is 819. The van der Waals surface area contributed by atoms with Crippen molar-refractivity contribution in [3.05, 3.63) is 41.6 Å². The summed E-state index contributed by atoms with van der Waals surface area (Å²) in [5, 5.41) is 12.2. The summed E-state index contributed by atoms with van der Waals surface area (Å²) in [5.41, 5.74) is 1.96. The zero-order valence-electron chi connectivity index (χ0n) is 15.0. The van der Waals surface area contributed by atoms with Crippen molar-refractivity contribution >= 4 is 11.7 Å². The molecule has 26 heavy (non-hydrogen) atoms. The summed E-state index contributed by atoms with van der Waals surface area (Å²) >= 11 is 0. The first kappa shape index (κ1) is 17.9. The van der Waals surface area contributed by atoms with E-state index < -0.39 is 0 Å². The largest absolute Gasteiger partial charge is 0.381 e. The molecule has 0 bridgehead atoms. The van der Waals surface area contributed by atoms with Gasteiger partial charge in [-0.3, -0.25) is 4.79 Å². The molecule has 0 saturated carbocycles. The van der Waals surface area contributed by atoms with Gasteiger partial charge in [-0.2, -0.15) is 5.26 Å². The number of nitriles is 1. The maximum absolute atomic E-state index is 12.5. The number of aromatic nitrogens is 3. The first-order valence-electron chi connectivity index (χ1n) is 8.54. The fourth-order valence-electron chi connectivity index (χ4n) is 2.95. The van der Waals surface area contributed by atoms with Crippen molar-refractivity contribution in [2.45, 2.75) is 12.3 Å². The van der Waals surface area contributed by atoms with Crippen LogP contribution in [0.5, 0.6) is 0 Å². The minimum Gasteiger partial charge on any atom is -0.381 e. The zero-order valence-corrected chi connectivity index (χ0v) is 15.0. The number of nitrogens with one attached hydrogen (secondary N) is 1. The summed E-state index contributed by atoms with van der Waals surface area (Å²) in [6, 6.07) is 5.59. The lowest BCUT2D eigenvalue weighted by molar-refractivity contribution is 0.0791. The molecule has 0 unspecified atom stereocenters. The highest BCUT2D eigenvalue weighted by Crippen LogP contribution is 2.24. The van der Waals surface area contributed by atoms with Crippen LogP contribution in [0, 0.1) is 11.3 Å². The van der Waals surface area contributed by atoms with Gasteiger partial charge < -0.3 is 19.5 Å². The van der Waals surface area contributed by atoms with Gasteiger partial charge in [-0.25, -0.2) is 9.97 Å². The van der Waals surface area contributed by atoms with Gasteiger partial charge in [0, 0.05) is 52.0 Å². The molecule has 8 heteroatoms. The number of carbonyl (C=O) groups excluding carboxylic acids is 1. The van der Waals surface area contributed by atoms with E-state index in [4.69, 9.17) is 10.00 Å². The highest BCUT2D eigenvalue weighted by Gasteiger charge is 2.20. The topological polar surface area (TPSA) is 96.1 Å². The number of carbonyl (C=O) groups is 1. The van der Waals surface area contributed by atoms with Crippen molar-refractivity contribution < 1.29 is 9.53 Å². The van der Waals surface area contributed by atoms with Gasteiger partial charge in [0.15, 0.2) is 0 Å². The van der Waals surface area contributed by atoms with Crippen molar-refractivity contribution in [3.63, 3.8) is 0 Å². The summed E-state index contributed by atoms with van der Waals surface area (Å²) in [7, 11) is 3.50. The molecular formula is C18H22N6O2. The molecular weight excluding hydrogens is 332 g/mol. The lowest BCUT2D eigenvalue weighted by atomic mass is 10.1. The highest BCUT2D eigenvalue weighted by molar-refractivity contribution is 5.93. The molecule has 0 radical (unpaired) electrons. The van der Waals surface area contributed by atoms with E-state index in [1.807, 2.05) is 12.1 Å². The third-order valence-electron chi connectivity index (χ3n) is 4.49. The monoisotopic (exact) mass is 354 g/mol. The fourth-order valence-corrected chi connectivity index (χ4v) is 2.95. The van der Waals surface area contributed by atoms with Crippen LogP contribution in [-0.2, 0) is 11.8 Å². The summed E-state index contributed by atoms with van der Waals surface area (Å²) in [6.07, 6.45) is 4.18. The second kappa shape index (κ2) is 7.97. The molecule has 1 atom stereocenters. The average molecular weight is 354 g/mol. The molecule has 2 aromatic heterocycles. The minimum atomic E-state index is -0.123. The lowest BCUT2D eigenvalue weighted by Crippen LogP contribution is -2.32. The maximum atomic E-state index is 12.5. The molecule has 136 valence electrons. The standard InChI is InChI=1S/C18H22N6O2/c1-23(18(25)16-7-13(9-19)10-24(16)2)5-4-20-17-8-15(21-12-22-17)14-3-6-26-11-14/h7-8,10,12,14H,3-6,11H2,1-2H3,(H,20,21,22)/t14-/m0/s1. The number of anilines is 1. The molecule has 1 fully saturated rings. The van der Waals surface area contributed by atoms with Gasteiger partial charge in [0.05, 0.1) is 17.9 Å². The van der Waals surface area contributed by atoms with Crippen LogP contribution in [0.2, 0.25) is 0 Å². The number of ether oxygens (including phenoxy) is 1. The van der Waals surface area contributed by atoms with E-state index in [1.54, 1.807) is 42.2 Å². The van der Waals surface area contributed by atoms with Crippen LogP contribution in [0.25, 0.3) is 0 Å². The molecule has 0 spiro atoms. The normalized spacial score (nSPS) is 16.3. The number of amides is 1. The maximum Gasteiger partial charge on any atom is 0.270 e. The van der Waals surface area contributed by atoms with Crippen molar-refractivity contribution in [3.8, 4) is 6.07 Å². The fraction of sp³-hybridized carbons (Fsp3) is 0.444. The van der Waals surface area contributed by atoms with Crippen LogP contribution in [0.4, 0.5) is 5.82 Å². The van der Waals surface area contributed by atoms with E-state index in [0.717, 1.165) is 24.5 Å². The Morgan fingerprint density at radius 2 is 2.35 bits per heavy atom. The predicted octanol–water partition coefficient (Wildman–Crippen LogP) is 1.37. The molecule has 1 N–H and O–H groups in total. The Morgan fingerprint density at radius 1 is 1.50 bits per heavy atom. The van der Waals surface area contributed by atoms with Gasteiger partial charge in [0.25, 0.3) is 5.91 Å². The number of rotatable bonds is 6. The molecule has 3 heterocycles. The number of nitrogens with zero attached hydrogens (tertiary/aromatic N) is 5. The number of hydrogen-bond donors (Lipinski definition) is 1. The number of hydrogen-bond acceptors (Lipinski definition) is 6. The quantitative estimate of drug-likeness (QED) is 0.842. The lowest BCUT2D eigenvalue weighted by Gasteiger charge is -2.18. The van der Waals surface area contributed by atoms with Crippen molar-refractivity contribution in [1.82, 2.24) is 19.4 Å². The molecule has 0 aliphatic carbocycles. The molecule has 3 rings (SSSR count). The van der Waals surface area contributed by atoms with Crippen LogP contribution in [0.1, 0.15) is 34.1 Å². The van der Waals surface area contributed by atoms with Gasteiger partial charge in [-0.15, -0.1) is 0 Å². The third kappa shape index (κ3) is 4.00. The van der Waals surface area contributed by atoms with Crippen LogP contribution in [0.3, 0.4) is 0 Å². The highest BCUT2D eigenvalue weighted by atomic mass is 16.5. The van der Waals surface area contributed by atoms with Crippen LogP contribution >= 0.6 is 0 Å². The minimum absolute atomic E-state index is 0.123. The van der Waals surface area contributed by atoms with E-state index in [2.05, 4.69) is 15.3 Å². The summed E-state index contributed by atoms with van der Waals surface area (Å²) in [5.74, 6) is 0.949. The van der Waals surface area contributed by atoms with Crippen LogP contribution in [0.15, 0.2) is 24.7 Å². The van der Waals surface area contributed by atoms with E-state index in [9.17, 15) is 4.79 Å². The Morgan fingerprint density at radius 3 is 3.04 bits per heavy atom. The van der Waals surface area contributed by atoms with E-state index in [1.165, 1.54) is 0 Å². The van der Waals surface area contributed by atoms with Crippen molar-refractivity contribution in [1.29, 1.82) is 5.26 Å². The Hall–Kier alpha value is -2.92. The SMILES string of the molecule is CN(CCNc1cc([C@H]2CCOC2)ncn1)C(=O)c1cc(C#N)cn1C. The van der Waals surface area contributed by atoms with E-state index in [0.29, 0.717) is 36.9 Å². The Labute approximate surface area is 152 Å². The molecule has 0 aromatic carbocycles. The molecule has 1 amide bonds. The van der Waals surface area contributed by atoms with Gasteiger partial charge in [0.2, 0.25) is 0 Å². The zero-order chi connectivity index (χ0) is 18.5. The molecule has 1 aliphatic rings. The molecule has 1 aliphatic heterocycles. The number of aryl methyl sites for hydroxylation is 1. The second-order valence-electron chi connectivity index (χ2n) is 6.38. The first-order chi connectivity index (χ1) is 12.6. The van der Waals surface area contributed by atoms with E-state index >= 15 is 0 Å². The number of likely N-dealkylation sites (N-methyl/N-ethyl adjacent to an activating group) is 1. The summed E-state index contributed by atoms with van der Waals surface area (Å²) < 4.78 is 7.08. The van der Waals surface area contributed by atoms with Crippen molar-refractivity contribution in [2.75, 3.05) is 38.7 Å². The summed E-state index contributed by atoms with van der Waals surface area (Å²) in [6.45, 7) is 2.55. The van der Waals surface area contributed by atoms with Crippen LogP contribution in [-0.4, -0.2) is 58.7 Å². The second-order valence-corrected chi connectivity index (χ2v) is 6.38. The first-order valence-corrected chi connectivity index (χ1v) is 8.54. The van der Waals surface area contributed by atoms with E-state index in [-0.39, 0.29) is 5.91 Å². The van der Waals surface area contributed by atoms with Gasteiger partial charge in [-0.05, 0) is 12.5 Å². The predicted molar refractivity (Wildman–Crippen MR) is 95.8 cm³/mol. The van der Waals surface area contributed by atoms with Gasteiger partial charge >= 0.3 is 0 Å². The molecule has 8 nitrogen and oxygen atoms in total. The third-order valence-corrected chi connectivity index (χ3v) is 4.49. The Balaban J connectivity index is 1.54. The van der Waals surface area contributed by atoms with Crippen molar-refractivity contribution in [2.24, 2.45) is 7.05 Å². The molecule has 2 aromatic rings. The molecule has 1 saturated heterocycles. The Kier molecular flexibility index (Phi) is 5.49. The summed E-state index contributed by atoms with van der Waals surface area (Å²) in [4.78, 5) is 22.7. The van der Waals surface area contributed by atoms with Gasteiger partial charge in [-0.1, -0.05) is 0 Å². The average Bonchev–Trinajstić information content (AvgIpc) is 3.31. The smallest absolute Gasteiger partial charge is 0.270 e.